The standard InChI is InChI=1S/C30H52N2O4/c1-12-33-31-27(4,5)18-24(19-28(31,6)7)35-26(23-16-14-22(3)15-17-23)36-25-20-29(8,9)32(34-13-2)30(10,11)21-25/h14-17,24-26H,12-13,18-21H2,1-11H3. The SMILES string of the molecule is CCON1C(C)(C)CC(OC(OC2CC(C)(C)N(OCC)C(C)(C)C2)c2ccc(C)cc2)CC1(C)C. The van der Waals surface area contributed by atoms with Crippen LogP contribution in [0.1, 0.15) is 112 Å². The molecule has 0 bridgehead atoms. The van der Waals surface area contributed by atoms with E-state index in [1.807, 2.05) is 0 Å². The minimum absolute atomic E-state index is 0.0579. The molecule has 6 heteroatoms. The number of rotatable bonds is 9. The number of ether oxygens (including phenoxy) is 2. The smallest absolute Gasteiger partial charge is 0.184 e. The predicted molar refractivity (Wildman–Crippen MR) is 145 cm³/mol. The molecule has 0 amide bonds. The summed E-state index contributed by atoms with van der Waals surface area (Å²) in [5.41, 5.74) is 1.73. The first kappa shape index (κ1) is 29.5. The highest BCUT2D eigenvalue weighted by Crippen LogP contribution is 2.44. The van der Waals surface area contributed by atoms with E-state index in [9.17, 15) is 0 Å². The molecule has 0 aromatic heterocycles. The molecular formula is C30H52N2O4. The lowest BCUT2D eigenvalue weighted by atomic mass is 9.80. The van der Waals surface area contributed by atoms with Crippen LogP contribution >= 0.6 is 0 Å². The molecule has 0 radical (unpaired) electrons. The van der Waals surface area contributed by atoms with Gasteiger partial charge in [0.15, 0.2) is 6.29 Å². The van der Waals surface area contributed by atoms with Crippen molar-refractivity contribution in [1.82, 2.24) is 10.1 Å². The highest BCUT2D eigenvalue weighted by atomic mass is 16.7. The van der Waals surface area contributed by atoms with Gasteiger partial charge in [-0.2, -0.15) is 10.1 Å². The number of nitrogens with zero attached hydrogens (tertiary/aromatic N) is 2. The van der Waals surface area contributed by atoms with E-state index in [1.165, 1.54) is 5.56 Å². The Kier molecular flexibility index (Phi) is 9.02. The van der Waals surface area contributed by atoms with Gasteiger partial charge >= 0.3 is 0 Å². The zero-order valence-corrected chi connectivity index (χ0v) is 24.8. The molecule has 2 fully saturated rings. The Hall–Kier alpha value is -1.02. The fraction of sp³-hybridized carbons (Fsp3) is 0.800. The van der Waals surface area contributed by atoms with Crippen molar-refractivity contribution in [2.75, 3.05) is 13.2 Å². The Bertz CT molecular complexity index is 765. The van der Waals surface area contributed by atoms with Gasteiger partial charge in [-0.3, -0.25) is 9.68 Å². The predicted octanol–water partition coefficient (Wildman–Crippen LogP) is 6.97. The Balaban J connectivity index is 1.84. The van der Waals surface area contributed by atoms with Crippen LogP contribution in [-0.2, 0) is 19.1 Å². The molecule has 0 spiro atoms. The summed E-state index contributed by atoms with van der Waals surface area (Å²) in [6.45, 7) is 25.5. The van der Waals surface area contributed by atoms with Crippen LogP contribution in [0.15, 0.2) is 24.3 Å². The van der Waals surface area contributed by atoms with Crippen molar-refractivity contribution in [2.45, 2.75) is 142 Å². The second kappa shape index (κ2) is 11.0. The summed E-state index contributed by atoms with van der Waals surface area (Å²) in [6.07, 6.45) is 3.20. The first-order valence-corrected chi connectivity index (χ1v) is 13.9. The van der Waals surface area contributed by atoms with Crippen LogP contribution in [0.2, 0.25) is 0 Å². The first-order valence-electron chi connectivity index (χ1n) is 13.9. The van der Waals surface area contributed by atoms with E-state index >= 15 is 0 Å². The normalized spacial score (nSPS) is 24.9. The average Bonchev–Trinajstić information content (AvgIpc) is 2.72. The van der Waals surface area contributed by atoms with Crippen LogP contribution < -0.4 is 0 Å². The maximum Gasteiger partial charge on any atom is 0.184 e. The zero-order chi connectivity index (χ0) is 26.9. The van der Waals surface area contributed by atoms with Gasteiger partial charge in [-0.05, 0) is 102 Å². The van der Waals surface area contributed by atoms with Gasteiger partial charge in [-0.15, -0.1) is 0 Å². The summed E-state index contributed by atoms with van der Waals surface area (Å²) in [4.78, 5) is 12.2. The Morgan fingerprint density at radius 3 is 1.31 bits per heavy atom. The Labute approximate surface area is 220 Å². The summed E-state index contributed by atoms with van der Waals surface area (Å²) in [5, 5.41) is 4.35. The zero-order valence-electron chi connectivity index (χ0n) is 24.8. The molecule has 0 N–H and O–H groups in total. The third-order valence-corrected chi connectivity index (χ3v) is 7.61. The molecule has 0 atom stereocenters. The number of benzene rings is 1. The van der Waals surface area contributed by atoms with Crippen LogP contribution in [0.3, 0.4) is 0 Å². The molecule has 2 saturated heterocycles. The van der Waals surface area contributed by atoms with Crippen LogP contribution in [0.4, 0.5) is 0 Å². The average molecular weight is 505 g/mol. The second-order valence-electron chi connectivity index (χ2n) is 13.2. The van der Waals surface area contributed by atoms with Crippen molar-refractivity contribution >= 4 is 0 Å². The topological polar surface area (TPSA) is 43.4 Å². The molecule has 6 nitrogen and oxygen atoms in total. The Morgan fingerprint density at radius 1 is 0.667 bits per heavy atom. The largest absolute Gasteiger partial charge is 0.345 e. The molecular weight excluding hydrogens is 452 g/mol. The molecule has 206 valence electrons. The fourth-order valence-electron chi connectivity index (χ4n) is 6.76. The van der Waals surface area contributed by atoms with E-state index < -0.39 is 6.29 Å². The summed E-state index contributed by atoms with van der Waals surface area (Å²) in [7, 11) is 0. The van der Waals surface area contributed by atoms with Crippen molar-refractivity contribution in [2.24, 2.45) is 0 Å². The molecule has 1 aromatic carbocycles. The molecule has 3 rings (SSSR count). The van der Waals surface area contributed by atoms with Crippen LogP contribution in [0.5, 0.6) is 0 Å². The van der Waals surface area contributed by atoms with Crippen LogP contribution in [0.25, 0.3) is 0 Å². The van der Waals surface area contributed by atoms with Crippen molar-refractivity contribution in [3.05, 3.63) is 35.4 Å². The minimum atomic E-state index is -0.420. The Morgan fingerprint density at radius 2 is 1.00 bits per heavy atom. The van der Waals surface area contributed by atoms with Crippen molar-refractivity contribution in [3.63, 3.8) is 0 Å². The quantitative estimate of drug-likeness (QED) is 0.338. The van der Waals surface area contributed by atoms with Gasteiger partial charge in [-0.1, -0.05) is 29.8 Å². The van der Waals surface area contributed by atoms with E-state index in [4.69, 9.17) is 19.1 Å². The van der Waals surface area contributed by atoms with Gasteiger partial charge < -0.3 is 9.47 Å². The monoisotopic (exact) mass is 504 g/mol. The molecule has 2 heterocycles. The lowest BCUT2D eigenvalue weighted by Gasteiger charge is -2.54. The lowest BCUT2D eigenvalue weighted by molar-refractivity contribution is -0.320. The van der Waals surface area contributed by atoms with E-state index in [0.717, 1.165) is 31.2 Å². The number of hydrogen-bond acceptors (Lipinski definition) is 6. The van der Waals surface area contributed by atoms with E-state index in [0.29, 0.717) is 13.2 Å². The molecule has 2 aliphatic rings. The summed E-state index contributed by atoms with van der Waals surface area (Å²) in [5.74, 6) is 0. The van der Waals surface area contributed by atoms with E-state index in [2.05, 4.69) is 111 Å². The molecule has 0 unspecified atom stereocenters. The van der Waals surface area contributed by atoms with Crippen molar-refractivity contribution in [3.8, 4) is 0 Å². The summed E-state index contributed by atoms with van der Waals surface area (Å²) >= 11 is 0. The first-order chi connectivity index (χ1) is 16.6. The number of hydroxylamine groups is 4. The lowest BCUT2D eigenvalue weighted by Crippen LogP contribution is -2.62. The van der Waals surface area contributed by atoms with Gasteiger partial charge in [0.1, 0.15) is 0 Å². The van der Waals surface area contributed by atoms with Gasteiger partial charge in [0.25, 0.3) is 0 Å². The second-order valence-corrected chi connectivity index (χ2v) is 13.2. The molecule has 36 heavy (non-hydrogen) atoms. The fourth-order valence-corrected chi connectivity index (χ4v) is 6.76. The van der Waals surface area contributed by atoms with E-state index in [-0.39, 0.29) is 34.4 Å². The van der Waals surface area contributed by atoms with Crippen LogP contribution in [0, 0.1) is 6.92 Å². The highest BCUT2D eigenvalue weighted by Gasteiger charge is 2.49. The van der Waals surface area contributed by atoms with Crippen molar-refractivity contribution < 1.29 is 19.1 Å². The maximum absolute atomic E-state index is 6.88. The van der Waals surface area contributed by atoms with Gasteiger partial charge in [0, 0.05) is 27.7 Å². The third-order valence-electron chi connectivity index (χ3n) is 7.61. The maximum atomic E-state index is 6.88. The van der Waals surface area contributed by atoms with Gasteiger partial charge in [0.2, 0.25) is 0 Å². The molecule has 0 aliphatic carbocycles. The number of piperidine rings is 2. The van der Waals surface area contributed by atoms with E-state index in [1.54, 1.807) is 0 Å². The van der Waals surface area contributed by atoms with Gasteiger partial charge in [-0.25, -0.2) is 0 Å². The number of aryl methyl sites for hydroxylation is 1. The van der Waals surface area contributed by atoms with Gasteiger partial charge in [0.05, 0.1) is 25.4 Å². The highest BCUT2D eigenvalue weighted by molar-refractivity contribution is 5.22. The number of hydrogen-bond donors (Lipinski definition) is 0. The molecule has 1 aromatic rings. The van der Waals surface area contributed by atoms with Crippen molar-refractivity contribution in [1.29, 1.82) is 0 Å². The molecule has 0 saturated carbocycles. The minimum Gasteiger partial charge on any atom is -0.345 e. The summed E-state index contributed by atoms with van der Waals surface area (Å²) in [6, 6.07) is 8.59. The van der Waals surface area contributed by atoms with Crippen LogP contribution in [-0.4, -0.2) is 57.7 Å². The molecule has 2 aliphatic heterocycles. The third kappa shape index (κ3) is 6.69. The summed E-state index contributed by atoms with van der Waals surface area (Å²) < 4.78 is 13.8.